The normalized spacial score (nSPS) is 16.1. The number of likely N-dealkylation sites (tertiary alicyclic amines) is 1. The fourth-order valence-corrected chi connectivity index (χ4v) is 6.92. The molecule has 1 heterocycles. The second kappa shape index (κ2) is 11.2. The maximum Gasteiger partial charge on any atom is 0.439 e. The Morgan fingerprint density at radius 2 is 1.44 bits per heavy atom. The van der Waals surface area contributed by atoms with Gasteiger partial charge < -0.3 is 4.18 Å². The number of alkyl halides is 4. The van der Waals surface area contributed by atoms with Crippen LogP contribution in [0.15, 0.2) is 93.5 Å². The molecule has 0 radical (unpaired) electrons. The highest BCUT2D eigenvalue weighted by Crippen LogP contribution is 2.36. The average molecular weight is 541 g/mol. The summed E-state index contributed by atoms with van der Waals surface area (Å²) in [6.07, 6.45) is -0.819. The highest BCUT2D eigenvalue weighted by molar-refractivity contribution is 7.97. The van der Waals surface area contributed by atoms with E-state index in [0.29, 0.717) is 4.90 Å². The Balaban J connectivity index is 1.69. The lowest BCUT2D eigenvalue weighted by Gasteiger charge is -2.26. The Kier molecular flexibility index (Phi) is 8.27. The minimum atomic E-state index is -5.89. The first kappa shape index (κ1) is 26.5. The second-order valence-electron chi connectivity index (χ2n) is 8.48. The molecule has 0 aromatic heterocycles. The third-order valence-corrected chi connectivity index (χ3v) is 9.25. The molecule has 1 fully saturated rings. The summed E-state index contributed by atoms with van der Waals surface area (Å²) >= 11 is 0. The van der Waals surface area contributed by atoms with Crippen LogP contribution in [-0.4, -0.2) is 38.1 Å². The third-order valence-electron chi connectivity index (χ3n) is 5.80. The maximum absolute atomic E-state index is 13.6. The fraction of sp³-hybridized carbons (Fsp3) is 0.308. The third kappa shape index (κ3) is 6.04. The van der Waals surface area contributed by atoms with Gasteiger partial charge >= 0.3 is 21.8 Å². The Morgan fingerprint density at radius 1 is 0.833 bits per heavy atom. The van der Waals surface area contributed by atoms with Crippen molar-refractivity contribution in [2.24, 2.45) is 0 Å². The first-order valence-corrected chi connectivity index (χ1v) is 14.1. The summed E-state index contributed by atoms with van der Waals surface area (Å²) in [6, 6.07) is 23.2. The minimum absolute atomic E-state index is 0.453. The van der Waals surface area contributed by atoms with Crippen LogP contribution in [-0.2, 0) is 27.6 Å². The minimum Gasteiger partial charge on any atom is -0.378 e. The first-order valence-electron chi connectivity index (χ1n) is 11.5. The summed E-state index contributed by atoms with van der Waals surface area (Å²) in [5, 5.41) is -5.33. The van der Waals surface area contributed by atoms with Gasteiger partial charge in [-0.3, -0.25) is 4.90 Å². The van der Waals surface area contributed by atoms with E-state index in [1.165, 1.54) is 31.4 Å². The molecule has 1 atom stereocenters. The molecule has 0 amide bonds. The summed E-state index contributed by atoms with van der Waals surface area (Å²) in [7, 11) is -6.62. The zero-order valence-electron chi connectivity index (χ0n) is 19.3. The van der Waals surface area contributed by atoms with Gasteiger partial charge in [0.1, 0.15) is 5.75 Å². The number of hydrogen-bond acceptors (Lipinski definition) is 4. The van der Waals surface area contributed by atoms with E-state index in [0.717, 1.165) is 41.1 Å². The van der Waals surface area contributed by atoms with Crippen LogP contribution in [0.4, 0.5) is 17.6 Å². The quantitative estimate of drug-likeness (QED) is 0.181. The number of nitrogens with zero attached hydrogens (tertiary/aromatic N) is 1. The summed E-state index contributed by atoms with van der Waals surface area (Å²) < 4.78 is 80.6. The maximum atomic E-state index is 13.6. The molecule has 4 nitrogen and oxygen atoms in total. The van der Waals surface area contributed by atoms with E-state index in [1.54, 1.807) is 6.07 Å². The van der Waals surface area contributed by atoms with Crippen molar-refractivity contribution in [1.29, 1.82) is 0 Å². The van der Waals surface area contributed by atoms with Crippen LogP contribution in [0, 0.1) is 0 Å². The van der Waals surface area contributed by atoms with Crippen LogP contribution in [0.1, 0.15) is 24.8 Å². The molecule has 0 aliphatic carbocycles. The summed E-state index contributed by atoms with van der Waals surface area (Å²) in [5.74, 6) is -0.453. The molecule has 4 rings (SSSR count). The van der Waals surface area contributed by atoms with Gasteiger partial charge in [-0.05, 0) is 67.9 Å². The summed E-state index contributed by atoms with van der Waals surface area (Å²) in [5.41, 5.74) is 1.13. The van der Waals surface area contributed by atoms with Crippen LogP contribution in [0.25, 0.3) is 0 Å². The van der Waals surface area contributed by atoms with Crippen molar-refractivity contribution >= 4 is 21.0 Å². The van der Waals surface area contributed by atoms with Crippen molar-refractivity contribution in [2.75, 3.05) is 13.1 Å². The Morgan fingerprint density at radius 3 is 2.11 bits per heavy atom. The fourth-order valence-electron chi connectivity index (χ4n) is 4.06. The molecule has 3 aromatic rings. The number of piperidine rings is 1. The molecule has 192 valence electrons. The molecule has 0 saturated carbocycles. The van der Waals surface area contributed by atoms with E-state index in [-0.39, 0.29) is 0 Å². The monoisotopic (exact) mass is 540 g/mol. The number of hydrogen-bond donors (Lipinski definition) is 0. The summed E-state index contributed by atoms with van der Waals surface area (Å²) in [4.78, 5) is 4.88. The van der Waals surface area contributed by atoms with E-state index in [2.05, 4.69) is 21.2 Å². The van der Waals surface area contributed by atoms with Crippen molar-refractivity contribution in [2.45, 2.75) is 52.2 Å². The Bertz CT molecular complexity index is 1270. The summed E-state index contributed by atoms with van der Waals surface area (Å²) in [6.45, 7) is 2.90. The molecule has 0 bridgehead atoms. The lowest BCUT2D eigenvalue weighted by molar-refractivity contribution is -0.0680. The first-order chi connectivity index (χ1) is 17.2. The molecule has 1 aliphatic rings. The topological polar surface area (TPSA) is 46.6 Å². The zero-order chi connectivity index (χ0) is 25.8. The van der Waals surface area contributed by atoms with Crippen molar-refractivity contribution in [3.8, 4) is 5.75 Å². The molecule has 36 heavy (non-hydrogen) atoms. The second-order valence-corrected chi connectivity index (χ2v) is 12.1. The molecule has 1 saturated heterocycles. The molecule has 1 aliphatic heterocycles. The average Bonchev–Trinajstić information content (AvgIpc) is 2.85. The van der Waals surface area contributed by atoms with Crippen molar-refractivity contribution in [1.82, 2.24) is 4.90 Å². The van der Waals surface area contributed by atoms with Gasteiger partial charge in [-0.15, -0.1) is 0 Å². The highest BCUT2D eigenvalue weighted by atomic mass is 32.2. The van der Waals surface area contributed by atoms with Gasteiger partial charge in [-0.1, -0.05) is 42.8 Å². The molecule has 1 unspecified atom stereocenters. The van der Waals surface area contributed by atoms with Gasteiger partial charge in [-0.2, -0.15) is 17.2 Å². The van der Waals surface area contributed by atoms with Crippen molar-refractivity contribution in [3.05, 3.63) is 84.4 Å². The van der Waals surface area contributed by atoms with E-state index >= 15 is 0 Å². The standard InChI is InChI=1S/C26H26F4NO3S2/c27-25(28)26(29,30)36(32,33)34-21-10-8-14-24(18-21)35(22-11-3-1-4-12-22)23-13-7-9-20(17-23)19-31-15-5-2-6-16-31/h1,3-4,7-14,17-18,25H,2,5-6,15-16,19H2/q+1. The predicted octanol–water partition coefficient (Wildman–Crippen LogP) is 6.33. The number of rotatable bonds is 9. The molecular weight excluding hydrogens is 514 g/mol. The van der Waals surface area contributed by atoms with Gasteiger partial charge in [0.2, 0.25) is 0 Å². The Hall–Kier alpha value is -2.56. The van der Waals surface area contributed by atoms with Gasteiger partial charge in [0.05, 0.1) is 10.9 Å². The predicted molar refractivity (Wildman–Crippen MR) is 131 cm³/mol. The van der Waals surface area contributed by atoms with Crippen LogP contribution < -0.4 is 4.18 Å². The van der Waals surface area contributed by atoms with Crippen molar-refractivity contribution < 1.29 is 30.2 Å². The molecule has 10 heteroatoms. The SMILES string of the molecule is O=S(=O)(Oc1cccc([S+](c2ccccc2)c2cccc(CN3CCCCC3)c2)c1)C(F)(F)C(F)F. The van der Waals surface area contributed by atoms with Gasteiger partial charge in [0, 0.05) is 12.6 Å². The van der Waals surface area contributed by atoms with Crippen molar-refractivity contribution in [3.63, 3.8) is 0 Å². The van der Waals surface area contributed by atoms with Gasteiger partial charge in [0.25, 0.3) is 0 Å². The van der Waals surface area contributed by atoms with Crippen LogP contribution in [0.3, 0.4) is 0 Å². The molecule has 0 spiro atoms. The molecule has 3 aromatic carbocycles. The van der Waals surface area contributed by atoms with E-state index in [1.807, 2.05) is 42.5 Å². The van der Waals surface area contributed by atoms with Crippen LogP contribution >= 0.6 is 0 Å². The van der Waals surface area contributed by atoms with Crippen LogP contribution in [0.2, 0.25) is 0 Å². The van der Waals surface area contributed by atoms with Crippen LogP contribution in [0.5, 0.6) is 5.75 Å². The van der Waals surface area contributed by atoms with E-state index in [9.17, 15) is 26.0 Å². The smallest absolute Gasteiger partial charge is 0.378 e. The highest BCUT2D eigenvalue weighted by Gasteiger charge is 2.56. The zero-order valence-corrected chi connectivity index (χ0v) is 21.0. The largest absolute Gasteiger partial charge is 0.439 e. The lowest BCUT2D eigenvalue weighted by atomic mass is 10.1. The molecular formula is C26H26F4NO3S2+. The number of benzene rings is 3. The van der Waals surface area contributed by atoms with E-state index < -0.39 is 38.4 Å². The van der Waals surface area contributed by atoms with Gasteiger partial charge in [0.15, 0.2) is 14.7 Å². The molecule has 0 N–H and O–H groups in total. The Labute approximate surface area is 211 Å². The van der Waals surface area contributed by atoms with E-state index in [4.69, 9.17) is 0 Å². The lowest BCUT2D eigenvalue weighted by Crippen LogP contribution is -2.39. The number of halogens is 4. The van der Waals surface area contributed by atoms with Gasteiger partial charge in [-0.25, -0.2) is 8.78 Å².